The van der Waals surface area contributed by atoms with E-state index in [0.717, 1.165) is 5.56 Å². The van der Waals surface area contributed by atoms with Crippen molar-refractivity contribution in [2.24, 2.45) is 11.7 Å². The Bertz CT molecular complexity index is 501. The Morgan fingerprint density at radius 3 is 2.74 bits per heavy atom. The van der Waals surface area contributed by atoms with Gasteiger partial charge in [0.1, 0.15) is 0 Å². The number of hydrogen-bond acceptors (Lipinski definition) is 3. The fraction of sp³-hybridized carbons (Fsp3) is 0.429. The van der Waals surface area contributed by atoms with E-state index >= 15 is 0 Å². The molecule has 5 heteroatoms. The molecule has 1 fully saturated rings. The lowest BCUT2D eigenvalue weighted by molar-refractivity contribution is -0.122. The lowest BCUT2D eigenvalue weighted by Gasteiger charge is -2.36. The summed E-state index contributed by atoms with van der Waals surface area (Å²) < 4.78 is 0. The van der Waals surface area contributed by atoms with Gasteiger partial charge in [-0.2, -0.15) is 0 Å². The summed E-state index contributed by atoms with van der Waals surface area (Å²) in [5, 5.41) is 0. The minimum absolute atomic E-state index is 0.149. The first-order valence-corrected chi connectivity index (χ1v) is 6.50. The molecule has 1 saturated heterocycles. The largest absolute Gasteiger partial charge is 0.331 e. The molecule has 5 nitrogen and oxygen atoms in total. The SMILES string of the molecule is CCN1CC(C)C(=O)N(c2cccc(CN)c2)C1=O. The number of urea groups is 1. The average molecular weight is 261 g/mol. The molecule has 1 atom stereocenters. The quantitative estimate of drug-likeness (QED) is 0.898. The van der Waals surface area contributed by atoms with Gasteiger partial charge in [0.15, 0.2) is 0 Å². The molecular formula is C14H19N3O2. The molecule has 19 heavy (non-hydrogen) atoms. The van der Waals surface area contributed by atoms with Crippen LogP contribution in [0.2, 0.25) is 0 Å². The third kappa shape index (κ3) is 2.46. The van der Waals surface area contributed by atoms with Crippen LogP contribution in [0.25, 0.3) is 0 Å². The van der Waals surface area contributed by atoms with Gasteiger partial charge in [0.2, 0.25) is 5.91 Å². The van der Waals surface area contributed by atoms with Crippen molar-refractivity contribution >= 4 is 17.6 Å². The first kappa shape index (κ1) is 13.5. The van der Waals surface area contributed by atoms with Crippen molar-refractivity contribution in [1.82, 2.24) is 4.90 Å². The van der Waals surface area contributed by atoms with E-state index in [2.05, 4.69) is 0 Å². The average Bonchev–Trinajstić information content (AvgIpc) is 2.43. The Labute approximate surface area is 113 Å². The maximum atomic E-state index is 12.3. The fourth-order valence-corrected chi connectivity index (χ4v) is 2.27. The van der Waals surface area contributed by atoms with Crippen molar-refractivity contribution in [1.29, 1.82) is 0 Å². The van der Waals surface area contributed by atoms with Crippen LogP contribution >= 0.6 is 0 Å². The molecule has 1 aromatic rings. The molecule has 1 aliphatic rings. The van der Waals surface area contributed by atoms with Crippen LogP contribution in [0, 0.1) is 5.92 Å². The van der Waals surface area contributed by atoms with Gasteiger partial charge in [-0.1, -0.05) is 19.1 Å². The van der Waals surface area contributed by atoms with Crippen LogP contribution in [0.5, 0.6) is 0 Å². The smallest absolute Gasteiger partial charge is 0.326 e. The van der Waals surface area contributed by atoms with Crippen LogP contribution in [0.15, 0.2) is 24.3 Å². The summed E-state index contributed by atoms with van der Waals surface area (Å²) in [5.74, 6) is -0.331. The van der Waals surface area contributed by atoms with Gasteiger partial charge in [0.05, 0.1) is 11.6 Å². The molecule has 0 saturated carbocycles. The van der Waals surface area contributed by atoms with Crippen LogP contribution in [0.4, 0.5) is 10.5 Å². The molecule has 0 aromatic heterocycles. The van der Waals surface area contributed by atoms with E-state index in [4.69, 9.17) is 5.73 Å². The Morgan fingerprint density at radius 2 is 2.11 bits per heavy atom. The number of hydrogen-bond donors (Lipinski definition) is 1. The molecule has 3 amide bonds. The zero-order valence-corrected chi connectivity index (χ0v) is 11.3. The van der Waals surface area contributed by atoms with Crippen LogP contribution in [0.3, 0.4) is 0 Å². The molecule has 102 valence electrons. The van der Waals surface area contributed by atoms with Gasteiger partial charge in [0.25, 0.3) is 0 Å². The van der Waals surface area contributed by atoms with Crippen LogP contribution in [0.1, 0.15) is 19.4 Å². The summed E-state index contributed by atoms with van der Waals surface area (Å²) in [6, 6.07) is 7.00. The standard InChI is InChI=1S/C14H19N3O2/c1-3-16-9-10(2)13(18)17(14(16)19)12-6-4-5-11(7-12)8-15/h4-7,10H,3,8-9,15H2,1-2H3. The minimum atomic E-state index is -0.250. The van der Waals surface area contributed by atoms with Gasteiger partial charge in [-0.3, -0.25) is 4.79 Å². The molecule has 2 rings (SSSR count). The number of amides is 3. The van der Waals surface area contributed by atoms with E-state index in [9.17, 15) is 9.59 Å². The third-order valence-corrected chi connectivity index (χ3v) is 3.38. The van der Waals surface area contributed by atoms with Gasteiger partial charge in [-0.15, -0.1) is 0 Å². The summed E-state index contributed by atoms with van der Waals surface area (Å²) in [5.41, 5.74) is 7.10. The highest BCUT2D eigenvalue weighted by molar-refractivity contribution is 6.16. The second-order valence-corrected chi connectivity index (χ2v) is 4.77. The van der Waals surface area contributed by atoms with Crippen LogP contribution in [-0.4, -0.2) is 29.9 Å². The number of carbonyl (C=O) groups is 2. The van der Waals surface area contributed by atoms with Gasteiger partial charge in [-0.05, 0) is 24.6 Å². The normalized spacial score (nSPS) is 20.1. The third-order valence-electron chi connectivity index (χ3n) is 3.38. The summed E-state index contributed by atoms with van der Waals surface area (Å²) in [7, 11) is 0. The lowest BCUT2D eigenvalue weighted by Crippen LogP contribution is -2.56. The highest BCUT2D eigenvalue weighted by Crippen LogP contribution is 2.24. The Morgan fingerprint density at radius 1 is 1.37 bits per heavy atom. The predicted molar refractivity (Wildman–Crippen MR) is 73.6 cm³/mol. The van der Waals surface area contributed by atoms with Crippen molar-refractivity contribution in [3.63, 3.8) is 0 Å². The number of nitrogens with two attached hydrogens (primary N) is 1. The van der Waals surface area contributed by atoms with Crippen LogP contribution in [-0.2, 0) is 11.3 Å². The van der Waals surface area contributed by atoms with Crippen molar-refractivity contribution in [2.45, 2.75) is 20.4 Å². The number of anilines is 1. The molecular weight excluding hydrogens is 242 g/mol. The summed E-state index contributed by atoms with van der Waals surface area (Å²) in [6.45, 7) is 5.23. The second kappa shape index (κ2) is 5.40. The second-order valence-electron chi connectivity index (χ2n) is 4.77. The highest BCUT2D eigenvalue weighted by Gasteiger charge is 2.37. The van der Waals surface area contributed by atoms with E-state index in [-0.39, 0.29) is 17.9 Å². The van der Waals surface area contributed by atoms with Crippen molar-refractivity contribution in [3.05, 3.63) is 29.8 Å². The first-order valence-electron chi connectivity index (χ1n) is 6.50. The molecule has 1 aromatic carbocycles. The van der Waals surface area contributed by atoms with Crippen molar-refractivity contribution < 1.29 is 9.59 Å². The van der Waals surface area contributed by atoms with Crippen molar-refractivity contribution in [3.8, 4) is 0 Å². The molecule has 0 aliphatic carbocycles. The number of carbonyl (C=O) groups excluding carboxylic acids is 2. The Kier molecular flexibility index (Phi) is 3.85. The van der Waals surface area contributed by atoms with Gasteiger partial charge < -0.3 is 10.6 Å². The molecule has 0 bridgehead atoms. The van der Waals surface area contributed by atoms with E-state index < -0.39 is 0 Å². The minimum Gasteiger partial charge on any atom is -0.326 e. The zero-order valence-electron chi connectivity index (χ0n) is 11.3. The van der Waals surface area contributed by atoms with E-state index in [1.54, 1.807) is 17.0 Å². The summed E-state index contributed by atoms with van der Waals surface area (Å²) >= 11 is 0. The Hall–Kier alpha value is -1.88. The van der Waals surface area contributed by atoms with Crippen LogP contribution < -0.4 is 10.6 Å². The maximum Gasteiger partial charge on any atom is 0.331 e. The molecule has 2 N–H and O–H groups in total. The molecule has 1 unspecified atom stereocenters. The topological polar surface area (TPSA) is 66.6 Å². The highest BCUT2D eigenvalue weighted by atomic mass is 16.2. The molecule has 1 aliphatic heterocycles. The first-order chi connectivity index (χ1) is 9.08. The monoisotopic (exact) mass is 261 g/mol. The molecule has 0 spiro atoms. The van der Waals surface area contributed by atoms with Gasteiger partial charge in [-0.25, -0.2) is 9.69 Å². The lowest BCUT2D eigenvalue weighted by atomic mass is 10.1. The Balaban J connectivity index is 2.38. The predicted octanol–water partition coefficient (Wildman–Crippen LogP) is 1.57. The van der Waals surface area contributed by atoms with E-state index in [1.807, 2.05) is 26.0 Å². The molecule has 0 radical (unpaired) electrons. The zero-order chi connectivity index (χ0) is 14.0. The van der Waals surface area contributed by atoms with Gasteiger partial charge >= 0.3 is 6.03 Å². The van der Waals surface area contributed by atoms with E-state index in [1.165, 1.54) is 4.90 Å². The number of imide groups is 1. The number of rotatable bonds is 3. The van der Waals surface area contributed by atoms with E-state index in [0.29, 0.717) is 25.3 Å². The molecule has 1 heterocycles. The fourth-order valence-electron chi connectivity index (χ4n) is 2.27. The van der Waals surface area contributed by atoms with Crippen molar-refractivity contribution in [2.75, 3.05) is 18.0 Å². The number of nitrogens with zero attached hydrogens (tertiary/aromatic N) is 2. The summed E-state index contributed by atoms with van der Waals surface area (Å²) in [4.78, 5) is 27.5. The summed E-state index contributed by atoms with van der Waals surface area (Å²) in [6.07, 6.45) is 0. The van der Waals surface area contributed by atoms with Gasteiger partial charge in [0, 0.05) is 19.6 Å². The number of benzene rings is 1. The maximum absolute atomic E-state index is 12.3.